The van der Waals surface area contributed by atoms with Crippen molar-refractivity contribution in [3.8, 4) is 0 Å². The highest BCUT2D eigenvalue weighted by molar-refractivity contribution is 5.85. The molecular weight excluding hydrogens is 815 g/mol. The molecular formula is C52H95NO11. The molecule has 0 saturated heterocycles. The van der Waals surface area contributed by atoms with Crippen molar-refractivity contribution >= 4 is 35.8 Å². The maximum Gasteiger partial charge on any atom is 0.303 e. The number of hydrogen-bond donors (Lipinski definition) is 1. The monoisotopic (exact) mass is 910 g/mol. The van der Waals surface area contributed by atoms with Crippen LogP contribution in [0.5, 0.6) is 0 Å². The van der Waals surface area contributed by atoms with Gasteiger partial charge >= 0.3 is 29.8 Å². The van der Waals surface area contributed by atoms with Crippen LogP contribution in [0.25, 0.3) is 0 Å². The molecule has 0 aromatic heterocycles. The Morgan fingerprint density at radius 1 is 0.359 bits per heavy atom. The van der Waals surface area contributed by atoms with Crippen LogP contribution in [0, 0.1) is 0 Å². The van der Waals surface area contributed by atoms with Crippen molar-refractivity contribution < 1.29 is 52.5 Å². The fourth-order valence-corrected chi connectivity index (χ4v) is 8.38. The van der Waals surface area contributed by atoms with E-state index in [0.717, 1.165) is 58.3 Å². The van der Waals surface area contributed by atoms with Crippen molar-refractivity contribution in [1.29, 1.82) is 0 Å². The molecule has 0 radical (unpaired) electrons. The summed E-state index contributed by atoms with van der Waals surface area (Å²) >= 11 is 0. The van der Waals surface area contributed by atoms with Gasteiger partial charge in [-0.05, 0) is 25.7 Å². The first-order valence-corrected chi connectivity index (χ1v) is 25.9. The van der Waals surface area contributed by atoms with E-state index in [1.54, 1.807) is 0 Å². The second-order valence-corrected chi connectivity index (χ2v) is 18.1. The zero-order valence-corrected chi connectivity index (χ0v) is 41.9. The fraction of sp³-hybridized carbons (Fsp3) is 0.885. The van der Waals surface area contributed by atoms with Gasteiger partial charge in [0, 0.05) is 34.6 Å². The molecule has 12 nitrogen and oxygen atoms in total. The van der Waals surface area contributed by atoms with Crippen LogP contribution in [0.3, 0.4) is 0 Å². The minimum atomic E-state index is -1.54. The molecule has 1 amide bonds. The summed E-state index contributed by atoms with van der Waals surface area (Å²) in [6.45, 7) is 10.1. The van der Waals surface area contributed by atoms with Gasteiger partial charge in [0.2, 0.25) is 6.10 Å². The molecule has 0 bridgehead atoms. The Balaban J connectivity index is 5.44. The molecule has 0 spiro atoms. The quantitative estimate of drug-likeness (QED) is 0.0352. The van der Waals surface area contributed by atoms with Crippen LogP contribution in [0.4, 0.5) is 0 Å². The van der Waals surface area contributed by atoms with E-state index < -0.39 is 72.8 Å². The van der Waals surface area contributed by atoms with Gasteiger partial charge in [-0.15, -0.1) is 0 Å². The largest absolute Gasteiger partial charge is 0.464 e. The highest BCUT2D eigenvalue weighted by Gasteiger charge is 2.40. The van der Waals surface area contributed by atoms with Gasteiger partial charge in [0.05, 0.1) is 0 Å². The van der Waals surface area contributed by atoms with Crippen LogP contribution in [-0.4, -0.2) is 72.8 Å². The molecule has 0 unspecified atom stereocenters. The first-order chi connectivity index (χ1) is 30.8. The predicted octanol–water partition coefficient (Wildman–Crippen LogP) is 12.7. The lowest BCUT2D eigenvalue weighted by Gasteiger charge is -2.34. The first-order valence-electron chi connectivity index (χ1n) is 25.9. The molecule has 0 rings (SSSR count). The molecule has 5 atom stereocenters. The molecule has 0 aromatic carbocycles. The highest BCUT2D eigenvalue weighted by atomic mass is 16.6. The molecule has 374 valence electrons. The van der Waals surface area contributed by atoms with Crippen molar-refractivity contribution in [3.05, 3.63) is 0 Å². The van der Waals surface area contributed by atoms with Crippen molar-refractivity contribution in [1.82, 2.24) is 5.32 Å². The van der Waals surface area contributed by atoms with Gasteiger partial charge in [-0.2, -0.15) is 0 Å². The number of unbranched alkanes of at least 4 members (excludes halogenated alkanes) is 29. The summed E-state index contributed by atoms with van der Waals surface area (Å²) in [5.41, 5.74) is 0. The molecule has 64 heavy (non-hydrogen) atoms. The van der Waals surface area contributed by atoms with E-state index in [1.165, 1.54) is 163 Å². The number of carbonyl (C=O) groups is 6. The number of hydrogen-bond acceptors (Lipinski definition) is 11. The standard InChI is InChI=1S/C52H95NO11/c1-8-10-12-14-16-18-20-22-24-26-28-29-31-33-35-37-39-48(61-43(4)55)50(63-45(6)57)47(41-60-42(3)54)53-52(59)51(64-46(7)58)49(62-44(5)56)40-38-36-34-32-30-27-25-23-21-19-17-15-13-11-9-2/h47-51H,8-41H2,1-7H3,(H,53,59)/t47-,48+,49+,50-,51-/m0/s1. The minimum absolute atomic E-state index is 0.264. The van der Waals surface area contributed by atoms with Crippen LogP contribution in [0.1, 0.15) is 260 Å². The second kappa shape index (κ2) is 42.5. The predicted molar refractivity (Wildman–Crippen MR) is 254 cm³/mol. The first kappa shape index (κ1) is 60.8. The zero-order chi connectivity index (χ0) is 47.6. The third kappa shape index (κ3) is 37.1. The van der Waals surface area contributed by atoms with E-state index in [9.17, 15) is 28.8 Å². The Bertz CT molecular complexity index is 1210. The third-order valence-corrected chi connectivity index (χ3v) is 11.8. The van der Waals surface area contributed by atoms with Crippen LogP contribution in [0.15, 0.2) is 0 Å². The van der Waals surface area contributed by atoms with Gasteiger partial charge in [0.1, 0.15) is 24.9 Å². The fourth-order valence-electron chi connectivity index (χ4n) is 8.38. The van der Waals surface area contributed by atoms with Gasteiger partial charge in [0.25, 0.3) is 5.91 Å². The maximum atomic E-state index is 14.1. The van der Waals surface area contributed by atoms with Crippen molar-refractivity contribution in [2.45, 2.75) is 291 Å². The van der Waals surface area contributed by atoms with Crippen LogP contribution in [-0.2, 0) is 52.5 Å². The Morgan fingerprint density at radius 2 is 0.656 bits per heavy atom. The van der Waals surface area contributed by atoms with Crippen LogP contribution >= 0.6 is 0 Å². The molecule has 0 aromatic rings. The number of ether oxygens (including phenoxy) is 5. The summed E-state index contributed by atoms with van der Waals surface area (Å²) in [6, 6.07) is -1.20. The Morgan fingerprint density at radius 3 is 0.969 bits per heavy atom. The van der Waals surface area contributed by atoms with Gasteiger partial charge in [-0.1, -0.05) is 200 Å². The summed E-state index contributed by atoms with van der Waals surface area (Å²) in [6.07, 6.45) is 32.7. The summed E-state index contributed by atoms with van der Waals surface area (Å²) in [7, 11) is 0. The molecule has 0 aliphatic heterocycles. The van der Waals surface area contributed by atoms with E-state index in [0.29, 0.717) is 19.3 Å². The molecule has 1 N–H and O–H groups in total. The number of nitrogens with one attached hydrogen (secondary N) is 1. The maximum absolute atomic E-state index is 14.1. The smallest absolute Gasteiger partial charge is 0.303 e. The van der Waals surface area contributed by atoms with Gasteiger partial charge in [-0.3, -0.25) is 28.8 Å². The Hall–Kier alpha value is -3.18. The summed E-state index contributed by atoms with van der Waals surface area (Å²) in [5, 5.41) is 2.75. The Kier molecular flexibility index (Phi) is 40.3. The molecule has 0 fully saturated rings. The van der Waals surface area contributed by atoms with E-state index in [1.807, 2.05) is 0 Å². The number of amides is 1. The van der Waals surface area contributed by atoms with Gasteiger partial charge in [0.15, 0.2) is 6.10 Å². The average Bonchev–Trinajstić information content (AvgIpc) is 3.23. The van der Waals surface area contributed by atoms with Gasteiger partial charge in [-0.25, -0.2) is 0 Å². The lowest BCUT2D eigenvalue weighted by atomic mass is 9.97. The van der Waals surface area contributed by atoms with Crippen LogP contribution < -0.4 is 5.32 Å². The summed E-state index contributed by atoms with van der Waals surface area (Å²) < 4.78 is 27.8. The van der Waals surface area contributed by atoms with Crippen LogP contribution in [0.2, 0.25) is 0 Å². The number of esters is 5. The van der Waals surface area contributed by atoms with E-state index in [4.69, 9.17) is 23.7 Å². The number of carbonyl (C=O) groups excluding carboxylic acids is 6. The van der Waals surface area contributed by atoms with Crippen molar-refractivity contribution in [2.24, 2.45) is 0 Å². The third-order valence-electron chi connectivity index (χ3n) is 11.8. The lowest BCUT2D eigenvalue weighted by molar-refractivity contribution is -0.176. The topological polar surface area (TPSA) is 161 Å². The van der Waals surface area contributed by atoms with Gasteiger partial charge < -0.3 is 29.0 Å². The summed E-state index contributed by atoms with van der Waals surface area (Å²) in [4.78, 5) is 75.7. The molecule has 12 heteroatoms. The van der Waals surface area contributed by atoms with Crippen molar-refractivity contribution in [2.75, 3.05) is 6.61 Å². The molecule has 0 heterocycles. The highest BCUT2D eigenvalue weighted by Crippen LogP contribution is 2.22. The molecule has 0 aliphatic carbocycles. The molecule has 0 aliphatic rings. The number of rotatable bonds is 44. The zero-order valence-electron chi connectivity index (χ0n) is 41.9. The average molecular weight is 910 g/mol. The van der Waals surface area contributed by atoms with E-state index in [-0.39, 0.29) is 6.42 Å². The molecule has 0 saturated carbocycles. The minimum Gasteiger partial charge on any atom is -0.464 e. The normalized spacial score (nSPS) is 13.5. The van der Waals surface area contributed by atoms with E-state index >= 15 is 0 Å². The van der Waals surface area contributed by atoms with E-state index in [2.05, 4.69) is 19.2 Å². The summed E-state index contributed by atoms with van der Waals surface area (Å²) in [5.74, 6) is -4.18. The van der Waals surface area contributed by atoms with Crippen molar-refractivity contribution in [3.63, 3.8) is 0 Å². The SMILES string of the molecule is CCCCCCCCCCCCCCCCCC[C@@H](OC(C)=O)[C@@H](OC(C)=O)[C@H](COC(C)=O)NC(=O)[C@@H](OC(C)=O)[C@@H](CCCCCCCCCCCCCCCCC)OC(C)=O. The second-order valence-electron chi connectivity index (χ2n) is 18.1. The lowest BCUT2D eigenvalue weighted by Crippen LogP contribution is -2.57. The Labute approximate surface area is 389 Å².